The number of imidazole rings is 1. The van der Waals surface area contributed by atoms with Gasteiger partial charge < -0.3 is 10.1 Å². The maximum atomic E-state index is 12.0. The lowest BCUT2D eigenvalue weighted by molar-refractivity contribution is 0.262. The number of carbonyl (C=O) groups excluding carboxylic acids is 1. The van der Waals surface area contributed by atoms with Crippen LogP contribution in [0.3, 0.4) is 0 Å². The number of carbonyl (C=O) groups is 1. The standard InChI is InChI=1S/C21H20N6O2S/c1-13-14(2)27(12-22-13)18-11-19(24-15(3)23-18)29-17-8-6-16(7-9-17)25-21(28)26-20-5-4-10-30-20/h4-12H,1-3H3,(H2,25,26,28). The Kier molecular flexibility index (Phi) is 5.44. The molecule has 0 bridgehead atoms. The van der Waals surface area contributed by atoms with Gasteiger partial charge >= 0.3 is 6.03 Å². The fourth-order valence-electron chi connectivity index (χ4n) is 2.78. The summed E-state index contributed by atoms with van der Waals surface area (Å²) in [5.41, 5.74) is 2.61. The highest BCUT2D eigenvalue weighted by molar-refractivity contribution is 7.14. The number of thiophene rings is 1. The topological polar surface area (TPSA) is 94.0 Å². The first-order valence-electron chi connectivity index (χ1n) is 9.24. The summed E-state index contributed by atoms with van der Waals surface area (Å²) in [5.74, 6) is 2.32. The van der Waals surface area contributed by atoms with Crippen LogP contribution in [0.25, 0.3) is 5.82 Å². The molecule has 0 spiro atoms. The van der Waals surface area contributed by atoms with Gasteiger partial charge in [-0.2, -0.15) is 4.98 Å². The first-order valence-corrected chi connectivity index (χ1v) is 10.1. The summed E-state index contributed by atoms with van der Waals surface area (Å²) in [4.78, 5) is 25.2. The fraction of sp³-hybridized carbons (Fsp3) is 0.143. The highest BCUT2D eigenvalue weighted by Gasteiger charge is 2.10. The molecule has 0 aliphatic carbocycles. The lowest BCUT2D eigenvalue weighted by Gasteiger charge is -2.10. The van der Waals surface area contributed by atoms with E-state index < -0.39 is 0 Å². The number of benzene rings is 1. The zero-order valence-electron chi connectivity index (χ0n) is 16.7. The Labute approximate surface area is 177 Å². The maximum Gasteiger partial charge on any atom is 0.324 e. The number of nitrogens with one attached hydrogen (secondary N) is 2. The number of anilines is 2. The van der Waals surface area contributed by atoms with Crippen LogP contribution >= 0.6 is 11.3 Å². The Bertz CT molecular complexity index is 1170. The molecule has 4 aromatic rings. The van der Waals surface area contributed by atoms with Crippen molar-refractivity contribution in [1.82, 2.24) is 19.5 Å². The number of aromatic nitrogens is 4. The van der Waals surface area contributed by atoms with E-state index in [1.807, 2.05) is 42.9 Å². The molecule has 0 saturated heterocycles. The first-order chi connectivity index (χ1) is 14.5. The maximum absolute atomic E-state index is 12.0. The van der Waals surface area contributed by atoms with E-state index in [1.54, 1.807) is 36.7 Å². The zero-order chi connectivity index (χ0) is 21.1. The van der Waals surface area contributed by atoms with Gasteiger partial charge in [-0.05, 0) is 62.5 Å². The van der Waals surface area contributed by atoms with E-state index in [4.69, 9.17) is 4.74 Å². The summed E-state index contributed by atoms with van der Waals surface area (Å²) >= 11 is 1.46. The summed E-state index contributed by atoms with van der Waals surface area (Å²) < 4.78 is 7.80. The number of hydrogen-bond donors (Lipinski definition) is 2. The summed E-state index contributed by atoms with van der Waals surface area (Å²) in [5, 5.41) is 8.24. The number of aryl methyl sites for hydroxylation is 2. The Morgan fingerprint density at radius 3 is 2.53 bits per heavy atom. The molecule has 0 aliphatic heterocycles. The Morgan fingerprint density at radius 1 is 1.07 bits per heavy atom. The van der Waals surface area contributed by atoms with Crippen molar-refractivity contribution in [1.29, 1.82) is 0 Å². The molecule has 4 rings (SSSR count). The molecule has 0 atom stereocenters. The second-order valence-corrected chi connectivity index (χ2v) is 7.53. The zero-order valence-corrected chi connectivity index (χ0v) is 17.5. The molecule has 1 aromatic carbocycles. The molecule has 3 aromatic heterocycles. The Balaban J connectivity index is 1.45. The van der Waals surface area contributed by atoms with Crippen molar-refractivity contribution >= 4 is 28.1 Å². The minimum absolute atomic E-state index is 0.298. The van der Waals surface area contributed by atoms with Crippen LogP contribution in [0.4, 0.5) is 15.5 Å². The van der Waals surface area contributed by atoms with Gasteiger partial charge in [0.15, 0.2) is 0 Å². The van der Waals surface area contributed by atoms with Crippen LogP contribution in [0.1, 0.15) is 17.2 Å². The Morgan fingerprint density at radius 2 is 1.87 bits per heavy atom. The van der Waals surface area contributed by atoms with Crippen molar-refractivity contribution < 1.29 is 9.53 Å². The highest BCUT2D eigenvalue weighted by atomic mass is 32.1. The van der Waals surface area contributed by atoms with Crippen molar-refractivity contribution in [2.75, 3.05) is 10.6 Å². The largest absolute Gasteiger partial charge is 0.439 e. The van der Waals surface area contributed by atoms with Gasteiger partial charge in [0.25, 0.3) is 0 Å². The van der Waals surface area contributed by atoms with E-state index in [0.29, 0.717) is 29.0 Å². The van der Waals surface area contributed by atoms with Crippen LogP contribution in [0, 0.1) is 20.8 Å². The molecular weight excluding hydrogens is 400 g/mol. The normalized spacial score (nSPS) is 10.6. The molecule has 9 heteroatoms. The third-order valence-electron chi connectivity index (χ3n) is 4.39. The fourth-order valence-corrected chi connectivity index (χ4v) is 3.39. The van der Waals surface area contributed by atoms with Crippen molar-refractivity contribution in [3.63, 3.8) is 0 Å². The number of rotatable bonds is 5. The predicted octanol–water partition coefficient (Wildman–Crippen LogP) is 5.09. The molecule has 30 heavy (non-hydrogen) atoms. The summed E-state index contributed by atoms with van der Waals surface area (Å²) in [6.45, 7) is 5.75. The molecule has 2 N–H and O–H groups in total. The van der Waals surface area contributed by atoms with E-state index in [1.165, 1.54) is 11.3 Å². The molecule has 0 aliphatic rings. The van der Waals surface area contributed by atoms with Crippen LogP contribution in [0.15, 0.2) is 54.2 Å². The number of nitrogens with zero attached hydrogens (tertiary/aromatic N) is 4. The van der Waals surface area contributed by atoms with E-state index in [-0.39, 0.29) is 6.03 Å². The number of urea groups is 1. The van der Waals surface area contributed by atoms with Gasteiger partial charge in [0.2, 0.25) is 5.88 Å². The minimum Gasteiger partial charge on any atom is -0.439 e. The highest BCUT2D eigenvalue weighted by Crippen LogP contribution is 2.24. The molecule has 0 radical (unpaired) electrons. The third-order valence-corrected chi connectivity index (χ3v) is 5.18. The van der Waals surface area contributed by atoms with E-state index in [2.05, 4.69) is 25.6 Å². The quantitative estimate of drug-likeness (QED) is 0.469. The van der Waals surface area contributed by atoms with E-state index in [0.717, 1.165) is 16.4 Å². The third kappa shape index (κ3) is 4.47. The SMILES string of the molecule is Cc1nc(Oc2ccc(NC(=O)Nc3cccs3)cc2)cc(-n2cnc(C)c2C)n1. The monoisotopic (exact) mass is 420 g/mol. The summed E-state index contributed by atoms with van der Waals surface area (Å²) in [6.07, 6.45) is 1.73. The summed E-state index contributed by atoms with van der Waals surface area (Å²) in [6, 6.07) is 12.3. The molecule has 8 nitrogen and oxygen atoms in total. The van der Waals surface area contributed by atoms with Gasteiger partial charge in [-0.15, -0.1) is 11.3 Å². The molecule has 3 heterocycles. The molecule has 0 unspecified atom stereocenters. The number of ether oxygens (including phenoxy) is 1. The van der Waals surface area contributed by atoms with E-state index in [9.17, 15) is 4.79 Å². The van der Waals surface area contributed by atoms with Gasteiger partial charge in [-0.25, -0.2) is 14.8 Å². The molecule has 152 valence electrons. The summed E-state index contributed by atoms with van der Waals surface area (Å²) in [7, 11) is 0. The van der Waals surface area contributed by atoms with Crippen molar-refractivity contribution in [2.24, 2.45) is 0 Å². The average molecular weight is 420 g/mol. The van der Waals surface area contributed by atoms with Gasteiger partial charge in [-0.1, -0.05) is 0 Å². The smallest absolute Gasteiger partial charge is 0.324 e. The molecule has 0 fully saturated rings. The second kappa shape index (κ2) is 8.34. The predicted molar refractivity (Wildman–Crippen MR) is 117 cm³/mol. The van der Waals surface area contributed by atoms with Gasteiger partial charge in [0, 0.05) is 17.4 Å². The molecular formula is C21H20N6O2S. The van der Waals surface area contributed by atoms with Crippen molar-refractivity contribution in [3.05, 3.63) is 71.4 Å². The van der Waals surface area contributed by atoms with Crippen LogP contribution in [-0.4, -0.2) is 25.6 Å². The van der Waals surface area contributed by atoms with Crippen molar-refractivity contribution in [2.45, 2.75) is 20.8 Å². The van der Waals surface area contributed by atoms with Crippen LogP contribution in [0.5, 0.6) is 11.6 Å². The first kappa shape index (κ1) is 19.6. The minimum atomic E-state index is -0.298. The Hall–Kier alpha value is -3.72. The average Bonchev–Trinajstić information content (AvgIpc) is 3.33. The second-order valence-electron chi connectivity index (χ2n) is 6.58. The van der Waals surface area contributed by atoms with Gasteiger partial charge in [0.1, 0.15) is 23.7 Å². The van der Waals surface area contributed by atoms with Gasteiger partial charge in [-0.3, -0.25) is 9.88 Å². The van der Waals surface area contributed by atoms with E-state index >= 15 is 0 Å². The number of amides is 2. The van der Waals surface area contributed by atoms with Crippen LogP contribution in [0.2, 0.25) is 0 Å². The van der Waals surface area contributed by atoms with Crippen molar-refractivity contribution in [3.8, 4) is 17.4 Å². The van der Waals surface area contributed by atoms with Gasteiger partial charge in [0.05, 0.1) is 10.7 Å². The molecule has 0 saturated carbocycles. The van der Waals surface area contributed by atoms with Crippen LogP contribution in [-0.2, 0) is 0 Å². The number of hydrogen-bond acceptors (Lipinski definition) is 6. The lowest BCUT2D eigenvalue weighted by Crippen LogP contribution is -2.18. The van der Waals surface area contributed by atoms with Crippen LogP contribution < -0.4 is 15.4 Å². The molecule has 2 amide bonds. The lowest BCUT2D eigenvalue weighted by atomic mass is 10.3.